The van der Waals surface area contributed by atoms with Gasteiger partial charge in [0.2, 0.25) is 0 Å². The molecular formula is C17H21N. The van der Waals surface area contributed by atoms with Gasteiger partial charge in [0.1, 0.15) is 0 Å². The predicted molar refractivity (Wildman–Crippen MR) is 77.9 cm³/mol. The maximum Gasteiger partial charge on any atom is 0.0101 e. The summed E-state index contributed by atoms with van der Waals surface area (Å²) in [4.78, 5) is 0. The van der Waals surface area contributed by atoms with Gasteiger partial charge in [-0.15, -0.1) is 0 Å². The van der Waals surface area contributed by atoms with Gasteiger partial charge >= 0.3 is 0 Å². The van der Waals surface area contributed by atoms with Crippen molar-refractivity contribution in [3.05, 3.63) is 70.8 Å². The van der Waals surface area contributed by atoms with Gasteiger partial charge in [-0.05, 0) is 49.1 Å². The summed E-state index contributed by atoms with van der Waals surface area (Å²) in [5, 5.41) is 0. The number of hydrogen-bond donors (Lipinski definition) is 1. The van der Waals surface area contributed by atoms with Gasteiger partial charge in [-0.3, -0.25) is 0 Å². The second-order valence-electron chi connectivity index (χ2n) is 4.88. The fourth-order valence-electron chi connectivity index (χ4n) is 2.36. The Bertz CT molecular complexity index is 502. The van der Waals surface area contributed by atoms with Gasteiger partial charge in [-0.25, -0.2) is 0 Å². The summed E-state index contributed by atoms with van der Waals surface area (Å²) in [5.41, 5.74) is 11.2. The molecule has 2 aromatic rings. The van der Waals surface area contributed by atoms with E-state index in [9.17, 15) is 0 Å². The zero-order chi connectivity index (χ0) is 13.0. The SMILES string of the molecule is Cc1ccc(C(CCN)c2ccccc2)cc1C. The van der Waals surface area contributed by atoms with E-state index in [0.29, 0.717) is 12.5 Å². The van der Waals surface area contributed by atoms with Crippen molar-refractivity contribution in [3.63, 3.8) is 0 Å². The number of aryl methyl sites for hydroxylation is 2. The van der Waals surface area contributed by atoms with E-state index in [1.54, 1.807) is 0 Å². The molecule has 0 fully saturated rings. The molecule has 0 aromatic heterocycles. The van der Waals surface area contributed by atoms with Gasteiger partial charge in [-0.1, -0.05) is 48.5 Å². The minimum Gasteiger partial charge on any atom is -0.330 e. The van der Waals surface area contributed by atoms with Crippen LogP contribution >= 0.6 is 0 Å². The molecule has 1 heteroatoms. The van der Waals surface area contributed by atoms with Crippen molar-refractivity contribution in [3.8, 4) is 0 Å². The van der Waals surface area contributed by atoms with E-state index >= 15 is 0 Å². The van der Waals surface area contributed by atoms with Crippen molar-refractivity contribution >= 4 is 0 Å². The number of hydrogen-bond acceptors (Lipinski definition) is 1. The molecule has 1 atom stereocenters. The molecule has 2 N–H and O–H groups in total. The summed E-state index contributed by atoms with van der Waals surface area (Å²) < 4.78 is 0. The molecule has 0 aliphatic carbocycles. The van der Waals surface area contributed by atoms with Gasteiger partial charge in [0.15, 0.2) is 0 Å². The summed E-state index contributed by atoms with van der Waals surface area (Å²) in [7, 11) is 0. The zero-order valence-corrected chi connectivity index (χ0v) is 11.2. The van der Waals surface area contributed by atoms with E-state index < -0.39 is 0 Å². The molecule has 0 radical (unpaired) electrons. The minimum atomic E-state index is 0.412. The van der Waals surface area contributed by atoms with E-state index in [-0.39, 0.29) is 0 Å². The van der Waals surface area contributed by atoms with Crippen molar-refractivity contribution in [2.45, 2.75) is 26.2 Å². The molecule has 0 amide bonds. The summed E-state index contributed by atoms with van der Waals surface area (Å²) in [6, 6.07) is 17.4. The lowest BCUT2D eigenvalue weighted by Gasteiger charge is -2.18. The minimum absolute atomic E-state index is 0.412. The van der Waals surface area contributed by atoms with Crippen molar-refractivity contribution in [2.75, 3.05) is 6.54 Å². The van der Waals surface area contributed by atoms with Crippen LogP contribution in [0.2, 0.25) is 0 Å². The lowest BCUT2D eigenvalue weighted by molar-refractivity contribution is 0.725. The van der Waals surface area contributed by atoms with Crippen LogP contribution in [0.3, 0.4) is 0 Å². The van der Waals surface area contributed by atoms with E-state index in [4.69, 9.17) is 5.73 Å². The quantitative estimate of drug-likeness (QED) is 0.863. The highest BCUT2D eigenvalue weighted by atomic mass is 14.5. The monoisotopic (exact) mass is 239 g/mol. The van der Waals surface area contributed by atoms with Crippen LogP contribution in [0.25, 0.3) is 0 Å². The largest absolute Gasteiger partial charge is 0.330 e. The molecule has 0 saturated carbocycles. The number of nitrogens with two attached hydrogens (primary N) is 1. The fourth-order valence-corrected chi connectivity index (χ4v) is 2.36. The van der Waals surface area contributed by atoms with Crippen LogP contribution in [0, 0.1) is 13.8 Å². The molecule has 0 heterocycles. The second-order valence-corrected chi connectivity index (χ2v) is 4.88. The lowest BCUT2D eigenvalue weighted by atomic mass is 9.87. The highest BCUT2D eigenvalue weighted by molar-refractivity contribution is 5.37. The number of rotatable bonds is 4. The molecule has 2 aromatic carbocycles. The second kappa shape index (κ2) is 5.83. The average Bonchev–Trinajstić information content (AvgIpc) is 2.40. The van der Waals surface area contributed by atoms with Crippen LogP contribution in [0.1, 0.15) is 34.6 Å². The van der Waals surface area contributed by atoms with E-state index in [1.807, 2.05) is 0 Å². The summed E-state index contributed by atoms with van der Waals surface area (Å²) in [6.45, 7) is 5.04. The summed E-state index contributed by atoms with van der Waals surface area (Å²) in [5.74, 6) is 0.412. The topological polar surface area (TPSA) is 26.0 Å². The van der Waals surface area contributed by atoms with Crippen LogP contribution in [0.4, 0.5) is 0 Å². The van der Waals surface area contributed by atoms with Crippen molar-refractivity contribution in [1.82, 2.24) is 0 Å². The Labute approximate surface area is 110 Å². The molecule has 2 rings (SSSR count). The van der Waals surface area contributed by atoms with Gasteiger partial charge in [0.25, 0.3) is 0 Å². The van der Waals surface area contributed by atoms with Crippen molar-refractivity contribution < 1.29 is 0 Å². The van der Waals surface area contributed by atoms with Crippen LogP contribution in [0.15, 0.2) is 48.5 Å². The summed E-state index contributed by atoms with van der Waals surface area (Å²) >= 11 is 0. The van der Waals surface area contributed by atoms with Crippen LogP contribution < -0.4 is 5.73 Å². The zero-order valence-electron chi connectivity index (χ0n) is 11.2. The van der Waals surface area contributed by atoms with Gasteiger partial charge in [0, 0.05) is 5.92 Å². The van der Waals surface area contributed by atoms with Gasteiger partial charge in [-0.2, -0.15) is 0 Å². The third-order valence-corrected chi connectivity index (χ3v) is 3.59. The highest BCUT2D eigenvalue weighted by Gasteiger charge is 2.13. The van der Waals surface area contributed by atoms with Crippen LogP contribution in [-0.2, 0) is 0 Å². The Morgan fingerprint density at radius 2 is 1.61 bits per heavy atom. The highest BCUT2D eigenvalue weighted by Crippen LogP contribution is 2.28. The van der Waals surface area contributed by atoms with Gasteiger partial charge < -0.3 is 5.73 Å². The van der Waals surface area contributed by atoms with E-state index in [0.717, 1.165) is 6.42 Å². The molecule has 1 nitrogen and oxygen atoms in total. The molecule has 1 unspecified atom stereocenters. The fraction of sp³-hybridized carbons (Fsp3) is 0.294. The molecular weight excluding hydrogens is 218 g/mol. The maximum atomic E-state index is 5.77. The van der Waals surface area contributed by atoms with E-state index in [1.165, 1.54) is 22.3 Å². The first-order valence-electron chi connectivity index (χ1n) is 6.54. The molecule has 0 aliphatic rings. The average molecular weight is 239 g/mol. The predicted octanol–water partition coefficient (Wildman–Crippen LogP) is 3.78. The number of benzene rings is 2. The standard InChI is InChI=1S/C17H21N/c1-13-8-9-16(12-14(13)2)17(10-11-18)15-6-4-3-5-7-15/h3-9,12,17H,10-11,18H2,1-2H3. The molecule has 0 saturated heterocycles. The van der Waals surface area contributed by atoms with Crippen molar-refractivity contribution in [2.24, 2.45) is 5.73 Å². The van der Waals surface area contributed by atoms with E-state index in [2.05, 4.69) is 62.4 Å². The Morgan fingerprint density at radius 3 is 2.22 bits per heavy atom. The molecule has 0 spiro atoms. The first-order valence-corrected chi connectivity index (χ1v) is 6.54. The first kappa shape index (κ1) is 12.8. The van der Waals surface area contributed by atoms with Crippen LogP contribution in [0.5, 0.6) is 0 Å². The molecule has 94 valence electrons. The third kappa shape index (κ3) is 2.80. The molecule has 0 bridgehead atoms. The Balaban J connectivity index is 2.38. The maximum absolute atomic E-state index is 5.77. The third-order valence-electron chi connectivity index (χ3n) is 3.59. The van der Waals surface area contributed by atoms with Crippen molar-refractivity contribution in [1.29, 1.82) is 0 Å². The molecule has 18 heavy (non-hydrogen) atoms. The normalized spacial score (nSPS) is 12.4. The van der Waals surface area contributed by atoms with Gasteiger partial charge in [0.05, 0.1) is 0 Å². The van der Waals surface area contributed by atoms with Crippen LogP contribution in [-0.4, -0.2) is 6.54 Å². The Kier molecular flexibility index (Phi) is 4.16. The Morgan fingerprint density at radius 1 is 0.889 bits per heavy atom. The molecule has 0 aliphatic heterocycles. The lowest BCUT2D eigenvalue weighted by Crippen LogP contribution is -2.09. The smallest absolute Gasteiger partial charge is 0.0101 e. The first-order chi connectivity index (χ1) is 8.72. The summed E-state index contributed by atoms with van der Waals surface area (Å²) in [6.07, 6.45) is 0.993. The Hall–Kier alpha value is -1.60.